The average molecular weight is 347 g/mol. The number of hydrogen-bond donors (Lipinski definition) is 2. The zero-order chi connectivity index (χ0) is 18.5. The van der Waals surface area contributed by atoms with Crippen molar-refractivity contribution in [2.45, 2.75) is 51.4 Å². The smallest absolute Gasteiger partial charge is 0.416 e. The fraction of sp³-hybridized carbons (Fsp3) is 0.500. The van der Waals surface area contributed by atoms with Crippen LogP contribution in [0, 0.1) is 0 Å². The van der Waals surface area contributed by atoms with Crippen LogP contribution in [0.2, 0.25) is 0 Å². The number of amides is 1. The van der Waals surface area contributed by atoms with E-state index >= 15 is 0 Å². The number of alkyl halides is 3. The Morgan fingerprint density at radius 1 is 1.25 bits per heavy atom. The van der Waals surface area contributed by atoms with Crippen LogP contribution in [0.25, 0.3) is 0 Å². The summed E-state index contributed by atoms with van der Waals surface area (Å²) >= 11 is 0. The van der Waals surface area contributed by atoms with Crippen molar-refractivity contribution in [2.75, 3.05) is 0 Å². The molecule has 0 aliphatic carbocycles. The fourth-order valence-electron chi connectivity index (χ4n) is 1.92. The van der Waals surface area contributed by atoms with Gasteiger partial charge in [0.25, 0.3) is 0 Å². The standard InChI is InChI=1S/C16H20F3NO4/c1-15(2,3)24-14(23)20-12(13(21)22)8-7-10-5-4-6-11(9-10)16(17,18)19/h4-6,9,12H,7-8H2,1-3H3,(H,20,23)(H,21,22)/t12-/m0/s1. The lowest BCUT2D eigenvalue weighted by Crippen LogP contribution is -2.43. The molecule has 2 N–H and O–H groups in total. The number of aliphatic carboxylic acids is 1. The molecule has 0 aliphatic heterocycles. The number of carbonyl (C=O) groups is 2. The van der Waals surface area contributed by atoms with Crippen LogP contribution < -0.4 is 5.32 Å². The van der Waals surface area contributed by atoms with Crippen LogP contribution >= 0.6 is 0 Å². The van der Waals surface area contributed by atoms with Gasteiger partial charge in [0, 0.05) is 0 Å². The maximum Gasteiger partial charge on any atom is 0.416 e. The minimum Gasteiger partial charge on any atom is -0.480 e. The monoisotopic (exact) mass is 347 g/mol. The maximum absolute atomic E-state index is 12.7. The van der Waals surface area contributed by atoms with Crippen molar-refractivity contribution in [1.29, 1.82) is 0 Å². The largest absolute Gasteiger partial charge is 0.480 e. The van der Waals surface area contributed by atoms with E-state index < -0.39 is 35.4 Å². The van der Waals surface area contributed by atoms with Gasteiger partial charge in [0.15, 0.2) is 0 Å². The lowest BCUT2D eigenvalue weighted by Gasteiger charge is -2.22. The molecule has 1 atom stereocenters. The van der Waals surface area contributed by atoms with Gasteiger partial charge in [-0.1, -0.05) is 18.2 Å². The molecule has 1 aromatic rings. The molecule has 134 valence electrons. The molecule has 1 aromatic carbocycles. The average Bonchev–Trinajstić information content (AvgIpc) is 2.40. The summed E-state index contributed by atoms with van der Waals surface area (Å²) in [5.41, 5.74) is -1.25. The van der Waals surface area contributed by atoms with E-state index in [1.807, 2.05) is 0 Å². The Labute approximate surface area is 137 Å². The van der Waals surface area contributed by atoms with Crippen LogP contribution in [0.1, 0.15) is 38.3 Å². The highest BCUT2D eigenvalue weighted by Gasteiger charge is 2.30. The van der Waals surface area contributed by atoms with Crippen molar-refractivity contribution in [3.8, 4) is 0 Å². The van der Waals surface area contributed by atoms with Crippen molar-refractivity contribution in [1.82, 2.24) is 5.32 Å². The van der Waals surface area contributed by atoms with Gasteiger partial charge in [0.2, 0.25) is 0 Å². The zero-order valence-corrected chi connectivity index (χ0v) is 13.6. The van der Waals surface area contributed by atoms with Gasteiger partial charge in [-0.05, 0) is 45.2 Å². The molecule has 0 saturated carbocycles. The van der Waals surface area contributed by atoms with E-state index in [0.717, 1.165) is 12.1 Å². The van der Waals surface area contributed by atoms with E-state index in [-0.39, 0.29) is 12.8 Å². The van der Waals surface area contributed by atoms with Crippen LogP contribution in [-0.2, 0) is 22.1 Å². The number of nitrogens with one attached hydrogen (secondary N) is 1. The summed E-state index contributed by atoms with van der Waals surface area (Å²) in [4.78, 5) is 22.8. The highest BCUT2D eigenvalue weighted by atomic mass is 19.4. The molecule has 0 spiro atoms. The molecule has 0 fully saturated rings. The lowest BCUT2D eigenvalue weighted by atomic mass is 10.0. The van der Waals surface area contributed by atoms with E-state index in [9.17, 15) is 22.8 Å². The van der Waals surface area contributed by atoms with Crippen molar-refractivity contribution in [2.24, 2.45) is 0 Å². The van der Waals surface area contributed by atoms with Crippen molar-refractivity contribution >= 4 is 12.1 Å². The number of aryl methyl sites for hydroxylation is 1. The molecular formula is C16H20F3NO4. The van der Waals surface area contributed by atoms with Gasteiger partial charge in [0.1, 0.15) is 11.6 Å². The maximum atomic E-state index is 12.7. The van der Waals surface area contributed by atoms with E-state index in [1.54, 1.807) is 20.8 Å². The van der Waals surface area contributed by atoms with Gasteiger partial charge in [0.05, 0.1) is 5.56 Å². The number of carbonyl (C=O) groups excluding carboxylic acids is 1. The van der Waals surface area contributed by atoms with Crippen molar-refractivity contribution in [3.05, 3.63) is 35.4 Å². The third kappa shape index (κ3) is 6.89. The molecule has 1 rings (SSSR count). The molecule has 0 unspecified atom stereocenters. The molecule has 0 aliphatic rings. The van der Waals surface area contributed by atoms with Crippen molar-refractivity contribution in [3.63, 3.8) is 0 Å². The Kier molecular flexibility index (Phi) is 6.22. The Balaban J connectivity index is 2.71. The number of ether oxygens (including phenoxy) is 1. The first-order valence-electron chi connectivity index (χ1n) is 7.27. The number of benzene rings is 1. The van der Waals surface area contributed by atoms with Gasteiger partial charge in [-0.15, -0.1) is 0 Å². The summed E-state index contributed by atoms with van der Waals surface area (Å²) in [5.74, 6) is -1.28. The van der Waals surface area contributed by atoms with Crippen LogP contribution in [0.3, 0.4) is 0 Å². The van der Waals surface area contributed by atoms with E-state index in [0.29, 0.717) is 5.56 Å². The summed E-state index contributed by atoms with van der Waals surface area (Å²) in [6.07, 6.45) is -5.34. The van der Waals surface area contributed by atoms with Gasteiger partial charge in [-0.2, -0.15) is 13.2 Å². The third-order valence-corrected chi connectivity index (χ3v) is 2.97. The second kappa shape index (κ2) is 7.55. The second-order valence-corrected chi connectivity index (χ2v) is 6.27. The molecular weight excluding hydrogens is 327 g/mol. The number of carboxylic acids is 1. The topological polar surface area (TPSA) is 75.6 Å². The first-order valence-corrected chi connectivity index (χ1v) is 7.27. The fourth-order valence-corrected chi connectivity index (χ4v) is 1.92. The number of hydrogen-bond acceptors (Lipinski definition) is 3. The zero-order valence-electron chi connectivity index (χ0n) is 13.6. The number of carboxylic acid groups (broad SMARTS) is 1. The quantitative estimate of drug-likeness (QED) is 0.853. The first-order chi connectivity index (χ1) is 10.9. The van der Waals surface area contributed by atoms with Gasteiger partial charge in [-0.3, -0.25) is 0 Å². The van der Waals surface area contributed by atoms with Gasteiger partial charge < -0.3 is 15.2 Å². The molecule has 1 amide bonds. The molecule has 0 saturated heterocycles. The first kappa shape index (κ1) is 19.8. The minimum absolute atomic E-state index is 0.0596. The SMILES string of the molecule is CC(C)(C)OC(=O)N[C@@H](CCc1cccc(C(F)(F)F)c1)C(=O)O. The van der Waals surface area contributed by atoms with Crippen LogP contribution in [0.5, 0.6) is 0 Å². The summed E-state index contributed by atoms with van der Waals surface area (Å²) in [7, 11) is 0. The van der Waals surface area contributed by atoms with E-state index in [2.05, 4.69) is 5.32 Å². The number of rotatable bonds is 5. The summed E-state index contributed by atoms with van der Waals surface area (Å²) in [6, 6.07) is 3.38. The lowest BCUT2D eigenvalue weighted by molar-refractivity contribution is -0.140. The Hall–Kier alpha value is -2.25. The third-order valence-electron chi connectivity index (χ3n) is 2.97. The highest BCUT2D eigenvalue weighted by molar-refractivity contribution is 5.80. The molecule has 5 nitrogen and oxygen atoms in total. The molecule has 0 aromatic heterocycles. The van der Waals surface area contributed by atoms with Gasteiger partial charge >= 0.3 is 18.2 Å². The Bertz CT molecular complexity index is 594. The summed E-state index contributed by atoms with van der Waals surface area (Å²) < 4.78 is 42.9. The van der Waals surface area contributed by atoms with Crippen LogP contribution in [0.15, 0.2) is 24.3 Å². The predicted molar refractivity (Wildman–Crippen MR) is 80.6 cm³/mol. The number of alkyl carbamates (subject to hydrolysis) is 1. The molecule has 0 radical (unpaired) electrons. The van der Waals surface area contributed by atoms with Gasteiger partial charge in [-0.25, -0.2) is 9.59 Å². The predicted octanol–water partition coefficient (Wildman–Crippen LogP) is 3.62. The van der Waals surface area contributed by atoms with Crippen LogP contribution in [-0.4, -0.2) is 28.8 Å². The molecule has 0 bridgehead atoms. The normalized spacial score (nSPS) is 13.2. The summed E-state index contributed by atoms with van der Waals surface area (Å²) in [5, 5.41) is 11.3. The van der Waals surface area contributed by atoms with E-state index in [1.165, 1.54) is 12.1 Å². The Morgan fingerprint density at radius 3 is 2.38 bits per heavy atom. The molecule has 0 heterocycles. The Morgan fingerprint density at radius 2 is 1.88 bits per heavy atom. The molecule has 8 heteroatoms. The van der Waals surface area contributed by atoms with E-state index in [4.69, 9.17) is 9.84 Å². The minimum atomic E-state index is -4.46. The van der Waals surface area contributed by atoms with Crippen LogP contribution in [0.4, 0.5) is 18.0 Å². The summed E-state index contributed by atoms with van der Waals surface area (Å²) in [6.45, 7) is 4.89. The second-order valence-electron chi connectivity index (χ2n) is 6.27. The molecule has 24 heavy (non-hydrogen) atoms. The van der Waals surface area contributed by atoms with Crippen molar-refractivity contribution < 1.29 is 32.6 Å². The number of halogens is 3. The highest BCUT2D eigenvalue weighted by Crippen LogP contribution is 2.29.